The lowest BCUT2D eigenvalue weighted by molar-refractivity contribution is 0.222. The Kier molecular flexibility index (Phi) is 4.02. The summed E-state index contributed by atoms with van der Waals surface area (Å²) >= 11 is 0. The van der Waals surface area contributed by atoms with Crippen LogP contribution in [0.15, 0.2) is 0 Å². The van der Waals surface area contributed by atoms with Gasteiger partial charge in [-0.2, -0.15) is 0 Å². The maximum Gasteiger partial charge on any atom is 0.0218 e. The summed E-state index contributed by atoms with van der Waals surface area (Å²) in [7, 11) is 2.23. The molecule has 1 aliphatic rings. The highest BCUT2D eigenvalue weighted by molar-refractivity contribution is 4.86. The summed E-state index contributed by atoms with van der Waals surface area (Å²) < 4.78 is 0. The van der Waals surface area contributed by atoms with E-state index in [0.717, 1.165) is 12.6 Å². The molecule has 1 rings (SSSR count). The monoisotopic (exact) mass is 170 g/mol. The fourth-order valence-electron chi connectivity index (χ4n) is 1.71. The van der Waals surface area contributed by atoms with E-state index in [1.807, 2.05) is 0 Å². The van der Waals surface area contributed by atoms with Gasteiger partial charge in [0.25, 0.3) is 0 Å². The molecule has 0 radical (unpaired) electrons. The first kappa shape index (κ1) is 10.0. The lowest BCUT2D eigenvalue weighted by Gasteiger charge is -2.26. The van der Waals surface area contributed by atoms with Crippen molar-refractivity contribution >= 4 is 0 Å². The van der Waals surface area contributed by atoms with Crippen molar-refractivity contribution in [3.63, 3.8) is 0 Å². The number of nitrogens with zero attached hydrogens (tertiary/aromatic N) is 1. The van der Waals surface area contributed by atoms with E-state index < -0.39 is 0 Å². The number of hydrogen-bond donors (Lipinski definition) is 1. The van der Waals surface area contributed by atoms with Gasteiger partial charge in [-0.05, 0) is 26.3 Å². The van der Waals surface area contributed by atoms with Crippen LogP contribution in [0.2, 0.25) is 0 Å². The van der Waals surface area contributed by atoms with Crippen molar-refractivity contribution in [2.75, 3.05) is 13.6 Å². The van der Waals surface area contributed by atoms with Crippen molar-refractivity contribution in [3.8, 4) is 0 Å². The molecule has 1 atom stereocenters. The molecule has 0 spiro atoms. The Morgan fingerprint density at radius 3 is 2.58 bits per heavy atom. The molecule has 0 amide bonds. The fourth-order valence-corrected chi connectivity index (χ4v) is 1.71. The molecule has 1 saturated carbocycles. The van der Waals surface area contributed by atoms with Gasteiger partial charge in [0.05, 0.1) is 0 Å². The van der Waals surface area contributed by atoms with E-state index in [2.05, 4.69) is 18.9 Å². The van der Waals surface area contributed by atoms with Crippen LogP contribution in [0, 0.1) is 0 Å². The van der Waals surface area contributed by atoms with Gasteiger partial charge < -0.3 is 5.73 Å². The molecule has 0 aromatic carbocycles. The van der Waals surface area contributed by atoms with Crippen LogP contribution >= 0.6 is 0 Å². The average molecular weight is 170 g/mol. The smallest absolute Gasteiger partial charge is 0.0218 e. The van der Waals surface area contributed by atoms with Crippen molar-refractivity contribution in [1.29, 1.82) is 0 Å². The highest BCUT2D eigenvalue weighted by atomic mass is 15.2. The second-order valence-corrected chi connectivity index (χ2v) is 3.93. The third-order valence-electron chi connectivity index (χ3n) is 2.86. The molecule has 12 heavy (non-hydrogen) atoms. The zero-order valence-corrected chi connectivity index (χ0v) is 8.42. The Bertz CT molecular complexity index is 121. The highest BCUT2D eigenvalue weighted by Crippen LogP contribution is 2.27. The van der Waals surface area contributed by atoms with Crippen LogP contribution in [0.25, 0.3) is 0 Å². The van der Waals surface area contributed by atoms with Crippen LogP contribution in [0.3, 0.4) is 0 Å². The van der Waals surface area contributed by atoms with Crippen molar-refractivity contribution in [2.45, 2.75) is 51.1 Å². The summed E-state index contributed by atoms with van der Waals surface area (Å²) in [6.45, 7) is 3.07. The minimum absolute atomic E-state index is 0.637. The third kappa shape index (κ3) is 2.76. The molecule has 1 fully saturated rings. The summed E-state index contributed by atoms with van der Waals surface area (Å²) in [5.74, 6) is 0. The maximum atomic E-state index is 5.74. The lowest BCUT2D eigenvalue weighted by atomic mass is 10.1. The van der Waals surface area contributed by atoms with Crippen LogP contribution < -0.4 is 5.73 Å². The molecule has 0 aromatic heterocycles. The fraction of sp³-hybridized carbons (Fsp3) is 1.00. The molecule has 2 N–H and O–H groups in total. The summed E-state index contributed by atoms with van der Waals surface area (Å²) in [5.41, 5.74) is 5.74. The number of likely N-dealkylation sites (N-methyl/N-ethyl adjacent to an activating group) is 1. The van der Waals surface area contributed by atoms with E-state index in [0.29, 0.717) is 6.04 Å². The van der Waals surface area contributed by atoms with Gasteiger partial charge in [-0.1, -0.05) is 19.8 Å². The van der Waals surface area contributed by atoms with Crippen LogP contribution in [0.4, 0.5) is 0 Å². The van der Waals surface area contributed by atoms with Gasteiger partial charge in [-0.3, -0.25) is 4.90 Å². The predicted octanol–water partition coefficient (Wildman–Crippen LogP) is 1.60. The number of rotatable bonds is 6. The minimum Gasteiger partial charge on any atom is -0.329 e. The quantitative estimate of drug-likeness (QED) is 0.656. The molecular weight excluding hydrogens is 148 g/mol. The summed E-state index contributed by atoms with van der Waals surface area (Å²) in [5, 5.41) is 0. The van der Waals surface area contributed by atoms with Gasteiger partial charge in [-0.15, -0.1) is 0 Å². The first-order valence-corrected chi connectivity index (χ1v) is 5.21. The van der Waals surface area contributed by atoms with Gasteiger partial charge in [0.1, 0.15) is 0 Å². The zero-order chi connectivity index (χ0) is 8.97. The van der Waals surface area contributed by atoms with Gasteiger partial charge in [0, 0.05) is 18.6 Å². The largest absolute Gasteiger partial charge is 0.329 e. The Morgan fingerprint density at radius 1 is 1.50 bits per heavy atom. The lowest BCUT2D eigenvalue weighted by Crippen LogP contribution is -2.39. The predicted molar refractivity (Wildman–Crippen MR) is 53.2 cm³/mol. The Hall–Kier alpha value is -0.0800. The number of unbranched alkanes of at least 4 members (excludes halogenated alkanes) is 1. The second kappa shape index (κ2) is 4.83. The molecule has 1 unspecified atom stereocenters. The molecule has 0 aromatic rings. The van der Waals surface area contributed by atoms with Crippen molar-refractivity contribution in [1.82, 2.24) is 4.90 Å². The molecule has 1 aliphatic carbocycles. The Morgan fingerprint density at radius 2 is 2.17 bits per heavy atom. The SMILES string of the molecule is CCCCC(CN)N(C)C1CC1. The molecule has 0 saturated heterocycles. The van der Waals surface area contributed by atoms with Gasteiger partial charge in [0.15, 0.2) is 0 Å². The normalized spacial score (nSPS) is 20.0. The maximum absolute atomic E-state index is 5.74. The topological polar surface area (TPSA) is 29.3 Å². The van der Waals surface area contributed by atoms with Crippen molar-refractivity contribution in [3.05, 3.63) is 0 Å². The van der Waals surface area contributed by atoms with E-state index in [1.54, 1.807) is 0 Å². The van der Waals surface area contributed by atoms with Crippen LogP contribution in [-0.2, 0) is 0 Å². The number of hydrogen-bond acceptors (Lipinski definition) is 2. The van der Waals surface area contributed by atoms with Gasteiger partial charge in [-0.25, -0.2) is 0 Å². The molecule has 72 valence electrons. The third-order valence-corrected chi connectivity index (χ3v) is 2.86. The van der Waals surface area contributed by atoms with Crippen LogP contribution in [0.1, 0.15) is 39.0 Å². The first-order valence-electron chi connectivity index (χ1n) is 5.21. The summed E-state index contributed by atoms with van der Waals surface area (Å²) in [4.78, 5) is 2.48. The minimum atomic E-state index is 0.637. The zero-order valence-electron chi connectivity index (χ0n) is 8.42. The van der Waals surface area contributed by atoms with Crippen LogP contribution in [0.5, 0.6) is 0 Å². The van der Waals surface area contributed by atoms with Crippen LogP contribution in [-0.4, -0.2) is 30.6 Å². The molecule has 2 heteroatoms. The Labute approximate surface area is 76.1 Å². The standard InChI is InChI=1S/C10H22N2/c1-3-4-5-10(8-11)12(2)9-6-7-9/h9-10H,3-8,11H2,1-2H3. The molecule has 0 heterocycles. The van der Waals surface area contributed by atoms with E-state index in [-0.39, 0.29) is 0 Å². The van der Waals surface area contributed by atoms with E-state index in [1.165, 1.54) is 32.1 Å². The highest BCUT2D eigenvalue weighted by Gasteiger charge is 2.29. The first-order chi connectivity index (χ1) is 5.79. The average Bonchev–Trinajstić information content (AvgIpc) is 2.88. The van der Waals surface area contributed by atoms with Gasteiger partial charge in [0.2, 0.25) is 0 Å². The van der Waals surface area contributed by atoms with Gasteiger partial charge >= 0.3 is 0 Å². The number of nitrogens with two attached hydrogens (primary N) is 1. The summed E-state index contributed by atoms with van der Waals surface area (Å²) in [6.07, 6.45) is 6.66. The van der Waals surface area contributed by atoms with E-state index in [4.69, 9.17) is 5.73 Å². The second-order valence-electron chi connectivity index (χ2n) is 3.93. The molecular formula is C10H22N2. The molecule has 0 bridgehead atoms. The van der Waals surface area contributed by atoms with Crippen molar-refractivity contribution < 1.29 is 0 Å². The van der Waals surface area contributed by atoms with E-state index >= 15 is 0 Å². The summed E-state index contributed by atoms with van der Waals surface area (Å²) in [6, 6.07) is 1.49. The molecule has 0 aliphatic heterocycles. The molecule has 2 nitrogen and oxygen atoms in total. The Balaban J connectivity index is 2.22. The van der Waals surface area contributed by atoms with Crippen molar-refractivity contribution in [2.24, 2.45) is 5.73 Å². The van der Waals surface area contributed by atoms with E-state index in [9.17, 15) is 0 Å².